The molecule has 0 saturated carbocycles. The summed E-state index contributed by atoms with van der Waals surface area (Å²) in [5.74, 6) is -0.207. The van der Waals surface area contributed by atoms with Crippen molar-refractivity contribution < 1.29 is 22.7 Å². The highest BCUT2D eigenvalue weighted by atomic mass is 35.5. The fourth-order valence-electron chi connectivity index (χ4n) is 3.33. The van der Waals surface area contributed by atoms with E-state index in [1.54, 1.807) is 0 Å². The van der Waals surface area contributed by atoms with Crippen LogP contribution in [0.15, 0.2) is 41.3 Å². The molecule has 2 aromatic rings. The van der Waals surface area contributed by atoms with Gasteiger partial charge in [-0.3, -0.25) is 9.59 Å². The van der Waals surface area contributed by atoms with E-state index in [0.29, 0.717) is 24.5 Å². The van der Waals surface area contributed by atoms with Gasteiger partial charge in [0.1, 0.15) is 5.75 Å². The number of benzene rings is 2. The lowest BCUT2D eigenvalue weighted by molar-refractivity contribution is -0.114. The van der Waals surface area contributed by atoms with Gasteiger partial charge in [0.15, 0.2) is 0 Å². The molecular weight excluding hydrogens is 478 g/mol. The highest BCUT2D eigenvalue weighted by Gasteiger charge is 2.26. The lowest BCUT2D eigenvalue weighted by Crippen LogP contribution is -2.37. The SMILES string of the molecule is COc1cc(NC(C)=O)c(Cl)cc1C(=O)Nc1ccc(S(=O)(=O)N(CC(C)C)CC(C)C)cc1. The number of sulfonamides is 1. The van der Waals surface area contributed by atoms with E-state index in [2.05, 4.69) is 10.6 Å². The largest absolute Gasteiger partial charge is 0.496 e. The normalized spacial score (nSPS) is 11.7. The Morgan fingerprint density at radius 1 is 1.00 bits per heavy atom. The van der Waals surface area contributed by atoms with Crippen LogP contribution in [0.4, 0.5) is 11.4 Å². The van der Waals surface area contributed by atoms with E-state index in [9.17, 15) is 18.0 Å². The summed E-state index contributed by atoms with van der Waals surface area (Å²) in [4.78, 5) is 24.3. The van der Waals surface area contributed by atoms with Gasteiger partial charge in [-0.1, -0.05) is 39.3 Å². The smallest absolute Gasteiger partial charge is 0.259 e. The number of nitrogens with zero attached hydrogens (tertiary/aromatic N) is 1. The van der Waals surface area contributed by atoms with Crippen molar-refractivity contribution in [3.05, 3.63) is 47.0 Å². The van der Waals surface area contributed by atoms with Gasteiger partial charge in [-0.25, -0.2) is 8.42 Å². The molecule has 10 heteroatoms. The van der Waals surface area contributed by atoms with Crippen molar-refractivity contribution in [2.45, 2.75) is 39.5 Å². The molecule has 0 unspecified atom stereocenters. The lowest BCUT2D eigenvalue weighted by atomic mass is 10.1. The molecule has 0 aliphatic heterocycles. The number of carbonyl (C=O) groups excluding carboxylic acids is 2. The first-order valence-corrected chi connectivity index (χ1v) is 12.7. The number of hydrogen-bond acceptors (Lipinski definition) is 5. The Balaban J connectivity index is 2.26. The van der Waals surface area contributed by atoms with E-state index in [1.807, 2.05) is 27.7 Å². The van der Waals surface area contributed by atoms with Crippen molar-refractivity contribution in [2.24, 2.45) is 11.8 Å². The van der Waals surface area contributed by atoms with Crippen LogP contribution < -0.4 is 15.4 Å². The van der Waals surface area contributed by atoms with Crippen LogP contribution >= 0.6 is 11.6 Å². The third-order valence-electron chi connectivity index (χ3n) is 4.73. The zero-order valence-electron chi connectivity index (χ0n) is 20.3. The number of nitrogens with one attached hydrogen (secondary N) is 2. The first kappa shape index (κ1) is 27.6. The maximum atomic E-state index is 13.2. The maximum absolute atomic E-state index is 13.2. The number of anilines is 2. The number of halogens is 1. The summed E-state index contributed by atoms with van der Waals surface area (Å²) in [5, 5.41) is 5.47. The van der Waals surface area contributed by atoms with Gasteiger partial charge >= 0.3 is 0 Å². The quantitative estimate of drug-likeness (QED) is 0.475. The molecular formula is C24H32ClN3O5S. The summed E-state index contributed by atoms with van der Waals surface area (Å²) in [5.41, 5.74) is 0.898. The monoisotopic (exact) mass is 509 g/mol. The van der Waals surface area contributed by atoms with Crippen LogP contribution in [0.5, 0.6) is 5.75 Å². The van der Waals surface area contributed by atoms with Crippen LogP contribution in [0, 0.1) is 11.8 Å². The van der Waals surface area contributed by atoms with Gasteiger partial charge in [0.25, 0.3) is 5.91 Å². The first-order valence-electron chi connectivity index (χ1n) is 10.9. The predicted molar refractivity (Wildman–Crippen MR) is 135 cm³/mol. The molecule has 0 heterocycles. The zero-order valence-corrected chi connectivity index (χ0v) is 21.9. The van der Waals surface area contributed by atoms with Crippen molar-refractivity contribution in [1.82, 2.24) is 4.31 Å². The molecule has 2 N–H and O–H groups in total. The van der Waals surface area contributed by atoms with Gasteiger partial charge < -0.3 is 15.4 Å². The summed E-state index contributed by atoms with van der Waals surface area (Å²) in [6.45, 7) is 10.1. The van der Waals surface area contributed by atoms with E-state index in [1.165, 1.54) is 54.7 Å². The number of rotatable bonds is 10. The Kier molecular flexibility index (Phi) is 9.49. The molecule has 2 amide bonds. The molecule has 0 aromatic heterocycles. The highest BCUT2D eigenvalue weighted by molar-refractivity contribution is 7.89. The van der Waals surface area contributed by atoms with E-state index < -0.39 is 15.9 Å². The fraction of sp³-hybridized carbons (Fsp3) is 0.417. The van der Waals surface area contributed by atoms with Gasteiger partial charge in [-0.05, 0) is 42.2 Å². The Bertz CT molecular complexity index is 1120. The van der Waals surface area contributed by atoms with Crippen LogP contribution in [0.25, 0.3) is 0 Å². The van der Waals surface area contributed by atoms with Crippen molar-refractivity contribution in [3.63, 3.8) is 0 Å². The average Bonchev–Trinajstić information content (AvgIpc) is 2.73. The topological polar surface area (TPSA) is 105 Å². The van der Waals surface area contributed by atoms with Gasteiger partial charge in [-0.15, -0.1) is 0 Å². The predicted octanol–water partition coefficient (Wildman–Crippen LogP) is 4.86. The van der Waals surface area contributed by atoms with Gasteiger partial charge in [0.05, 0.1) is 28.3 Å². The van der Waals surface area contributed by atoms with E-state index in [4.69, 9.17) is 16.3 Å². The van der Waals surface area contributed by atoms with Gasteiger partial charge in [0, 0.05) is 31.8 Å². The highest BCUT2D eigenvalue weighted by Crippen LogP contribution is 2.31. The lowest BCUT2D eigenvalue weighted by Gasteiger charge is -2.25. The summed E-state index contributed by atoms with van der Waals surface area (Å²) in [7, 11) is -2.27. The minimum atomic E-state index is -3.67. The Morgan fingerprint density at radius 2 is 1.56 bits per heavy atom. The van der Waals surface area contributed by atoms with Crippen molar-refractivity contribution in [2.75, 3.05) is 30.8 Å². The minimum absolute atomic E-state index is 0.159. The van der Waals surface area contributed by atoms with E-state index in [-0.39, 0.29) is 39.0 Å². The standard InChI is InChI=1S/C24H32ClN3O5S/c1-15(2)13-28(14-16(3)4)34(31,32)19-9-7-18(8-10-19)27-24(30)20-11-21(25)22(26-17(5)29)12-23(20)33-6/h7-12,15-16H,13-14H2,1-6H3,(H,26,29)(H,27,30). The molecule has 0 atom stereocenters. The molecule has 0 fully saturated rings. The molecule has 0 bridgehead atoms. The average molecular weight is 510 g/mol. The minimum Gasteiger partial charge on any atom is -0.496 e. The number of ether oxygens (including phenoxy) is 1. The van der Waals surface area contributed by atoms with Crippen molar-refractivity contribution in [3.8, 4) is 5.75 Å². The Labute approximate surface area is 206 Å². The molecule has 0 radical (unpaired) electrons. The Hall–Kier alpha value is -2.62. The summed E-state index contributed by atoms with van der Waals surface area (Å²) < 4.78 is 33.1. The summed E-state index contributed by atoms with van der Waals surface area (Å²) in [6.07, 6.45) is 0. The molecule has 0 saturated heterocycles. The van der Waals surface area contributed by atoms with Crippen LogP contribution in [0.1, 0.15) is 45.0 Å². The van der Waals surface area contributed by atoms with E-state index >= 15 is 0 Å². The molecule has 0 aliphatic rings. The molecule has 2 aromatic carbocycles. The third kappa shape index (κ3) is 7.19. The van der Waals surface area contributed by atoms with Crippen molar-refractivity contribution in [1.29, 1.82) is 0 Å². The fourth-order valence-corrected chi connectivity index (χ4v) is 5.31. The third-order valence-corrected chi connectivity index (χ3v) is 6.89. The van der Waals surface area contributed by atoms with Crippen LogP contribution in [-0.2, 0) is 14.8 Å². The second-order valence-electron chi connectivity index (χ2n) is 8.80. The van der Waals surface area contributed by atoms with Crippen molar-refractivity contribution >= 4 is 44.8 Å². The molecule has 0 aliphatic carbocycles. The molecule has 0 spiro atoms. The summed E-state index contributed by atoms with van der Waals surface area (Å²) in [6, 6.07) is 8.88. The van der Waals surface area contributed by atoms with Crippen LogP contribution in [0.3, 0.4) is 0 Å². The number of amides is 2. The second-order valence-corrected chi connectivity index (χ2v) is 11.1. The van der Waals surface area contributed by atoms with Gasteiger partial charge in [-0.2, -0.15) is 4.31 Å². The number of hydrogen-bond donors (Lipinski definition) is 2. The van der Waals surface area contributed by atoms with Crippen LogP contribution in [0.2, 0.25) is 5.02 Å². The van der Waals surface area contributed by atoms with Crippen LogP contribution in [-0.4, -0.2) is 44.7 Å². The number of carbonyl (C=O) groups is 2. The van der Waals surface area contributed by atoms with Gasteiger partial charge in [0.2, 0.25) is 15.9 Å². The first-order chi connectivity index (χ1) is 15.8. The Morgan fingerprint density at radius 3 is 2.03 bits per heavy atom. The molecule has 8 nitrogen and oxygen atoms in total. The molecule has 34 heavy (non-hydrogen) atoms. The molecule has 186 valence electrons. The summed E-state index contributed by atoms with van der Waals surface area (Å²) >= 11 is 6.20. The second kappa shape index (κ2) is 11.7. The van der Waals surface area contributed by atoms with E-state index in [0.717, 1.165) is 0 Å². The molecule has 2 rings (SSSR count). The number of methoxy groups -OCH3 is 1. The maximum Gasteiger partial charge on any atom is 0.259 e. The zero-order chi connectivity index (χ0) is 25.6.